The standard InChI is InChI=1S/C54H101N17O14/c1-28(2)24-37(44(59)76)67-53(85)43(32(8)73)71-52(84)40(27-72)70-48(80)34(15-10-12-22-56)66-50(82)38(25-29(3)4)69-51(83)39(26-30(5)6)68-47(79)33(14-9-11-21-55)64-46(78)35(16-13-23-62-54(60)61)65-49(81)36(18-20-42(58)75)63-45(77)31(7)17-19-41(57)74/h28-40,43,72-73H,9-27,55-56H2,1-8H3,(H2,57,74)(H2,58,75)(H2,59,76)(H,63,77)(H,64,78)(H,65,81)(H,66,82)(H,67,85)(H,68,79)(H,69,83)(H,70,80)(H,71,84)(H4,60,61,62)/t31-,32+,33-,34-,35-,36-,37-,38-,39-,40-,43-/m0/s1. The first-order chi connectivity index (χ1) is 39.8. The van der Waals surface area contributed by atoms with Crippen molar-refractivity contribution in [3.8, 4) is 0 Å². The Kier molecular flexibility index (Phi) is 38.2. The summed E-state index contributed by atoms with van der Waals surface area (Å²) in [5.74, 6) is -11.9. The maximum atomic E-state index is 14.4. The van der Waals surface area contributed by atoms with Gasteiger partial charge in [0, 0.05) is 25.3 Å². The van der Waals surface area contributed by atoms with Gasteiger partial charge in [0.2, 0.25) is 70.9 Å². The number of guanidine groups is 1. The smallest absolute Gasteiger partial charge is 0.245 e. The number of nitrogens with one attached hydrogen (secondary N) is 11. The third kappa shape index (κ3) is 33.1. The van der Waals surface area contributed by atoms with Gasteiger partial charge in [0.15, 0.2) is 5.96 Å². The van der Waals surface area contributed by atoms with Crippen LogP contribution in [-0.4, -0.2) is 174 Å². The Hall–Kier alpha value is -7.25. The van der Waals surface area contributed by atoms with Crippen molar-refractivity contribution in [2.24, 2.45) is 58.1 Å². The number of amides is 12. The van der Waals surface area contributed by atoms with Crippen molar-refractivity contribution < 1.29 is 67.7 Å². The molecule has 0 unspecified atom stereocenters. The number of hydrogen-bond acceptors (Lipinski definition) is 17. The average molecular weight is 1210 g/mol. The van der Waals surface area contributed by atoms with Gasteiger partial charge in [0.1, 0.15) is 54.4 Å². The molecule has 0 spiro atoms. The molecule has 0 heterocycles. The van der Waals surface area contributed by atoms with Crippen molar-refractivity contribution in [2.75, 3.05) is 26.2 Å². The van der Waals surface area contributed by atoms with E-state index >= 15 is 0 Å². The van der Waals surface area contributed by atoms with Gasteiger partial charge in [-0.1, -0.05) is 48.5 Å². The summed E-state index contributed by atoms with van der Waals surface area (Å²) < 4.78 is 0. The summed E-state index contributed by atoms with van der Waals surface area (Å²) in [5, 5.41) is 53.8. The van der Waals surface area contributed by atoms with E-state index in [1.165, 1.54) is 13.8 Å². The molecule has 486 valence electrons. The van der Waals surface area contributed by atoms with Crippen molar-refractivity contribution in [1.29, 1.82) is 5.41 Å². The van der Waals surface area contributed by atoms with Crippen LogP contribution in [0.25, 0.3) is 0 Å². The SMILES string of the molecule is CC(C)C[C@H](NC(=O)[C@@H](NC(=O)[C@H](CO)NC(=O)[C@H](CCCCN)NC(=O)[C@H](CC(C)C)NC(=O)[C@H](CC(C)C)NC(=O)[C@H](CCCCN)NC(=O)[C@H](CCCNC(=N)N)NC(=O)[C@H](CCC(N)=O)NC(=O)[C@@H](C)CCC(N)=O)[C@@H](C)O)C(N)=O. The summed E-state index contributed by atoms with van der Waals surface area (Å²) in [6.45, 7) is 12.9. The molecule has 85 heavy (non-hydrogen) atoms. The maximum Gasteiger partial charge on any atom is 0.245 e. The third-order valence-electron chi connectivity index (χ3n) is 13.3. The van der Waals surface area contributed by atoms with Crippen LogP contribution in [0.5, 0.6) is 0 Å². The zero-order valence-electron chi connectivity index (χ0n) is 50.8. The lowest BCUT2D eigenvalue weighted by molar-refractivity contribution is -0.137. The molecule has 0 radical (unpaired) electrons. The molecule has 31 nitrogen and oxygen atoms in total. The first kappa shape index (κ1) is 77.8. The summed E-state index contributed by atoms with van der Waals surface area (Å²) in [4.78, 5) is 160. The number of rotatable bonds is 45. The number of carbonyl (C=O) groups is 12. The number of primary amides is 3. The maximum absolute atomic E-state index is 14.4. The second kappa shape index (κ2) is 41.7. The van der Waals surface area contributed by atoms with Crippen LogP contribution >= 0.6 is 0 Å². The molecule has 0 aromatic rings. The van der Waals surface area contributed by atoms with Gasteiger partial charge >= 0.3 is 0 Å². The molecule has 0 fully saturated rings. The highest BCUT2D eigenvalue weighted by Gasteiger charge is 2.37. The van der Waals surface area contributed by atoms with E-state index in [1.54, 1.807) is 41.5 Å². The van der Waals surface area contributed by atoms with Gasteiger partial charge in [0.25, 0.3) is 0 Å². The monoisotopic (exact) mass is 1210 g/mol. The summed E-state index contributed by atoms with van der Waals surface area (Å²) in [5.41, 5.74) is 33.0. The lowest BCUT2D eigenvalue weighted by Gasteiger charge is -2.29. The highest BCUT2D eigenvalue weighted by Crippen LogP contribution is 2.14. The normalized spacial score (nSPS) is 15.1. The molecule has 0 aliphatic rings. The first-order valence-corrected chi connectivity index (χ1v) is 29.1. The molecule has 0 aromatic carbocycles. The molecule has 0 aromatic heterocycles. The molecule has 12 amide bonds. The quantitative estimate of drug-likeness (QED) is 0.0154. The Morgan fingerprint density at radius 2 is 0.729 bits per heavy atom. The summed E-state index contributed by atoms with van der Waals surface area (Å²) in [7, 11) is 0. The fourth-order valence-electron chi connectivity index (χ4n) is 8.55. The van der Waals surface area contributed by atoms with Crippen molar-refractivity contribution in [3.05, 3.63) is 0 Å². The number of hydrogen-bond donors (Lipinski definition) is 19. The van der Waals surface area contributed by atoms with E-state index in [0.717, 1.165) is 0 Å². The molecule has 31 heteroatoms. The summed E-state index contributed by atoms with van der Waals surface area (Å²) >= 11 is 0. The number of carbonyl (C=O) groups excluding carboxylic acids is 12. The van der Waals surface area contributed by atoms with Gasteiger partial charge in [-0.2, -0.15) is 0 Å². The molecule has 0 rings (SSSR count). The second-order valence-corrected chi connectivity index (χ2v) is 22.7. The largest absolute Gasteiger partial charge is 0.394 e. The zero-order valence-corrected chi connectivity index (χ0v) is 50.8. The molecule has 25 N–H and O–H groups in total. The summed E-state index contributed by atoms with van der Waals surface area (Å²) in [6.07, 6.45) is -0.599. The van der Waals surface area contributed by atoms with E-state index in [1.807, 2.05) is 0 Å². The molecule has 0 saturated carbocycles. The predicted molar refractivity (Wildman–Crippen MR) is 315 cm³/mol. The van der Waals surface area contributed by atoms with E-state index in [0.29, 0.717) is 25.7 Å². The van der Waals surface area contributed by atoms with Gasteiger partial charge in [-0.05, 0) is 121 Å². The van der Waals surface area contributed by atoms with Crippen LogP contribution in [0.4, 0.5) is 0 Å². The lowest BCUT2D eigenvalue weighted by atomic mass is 9.99. The lowest BCUT2D eigenvalue weighted by Crippen LogP contribution is -2.62. The second-order valence-electron chi connectivity index (χ2n) is 22.7. The Morgan fingerprint density at radius 3 is 1.09 bits per heavy atom. The first-order valence-electron chi connectivity index (χ1n) is 29.1. The van der Waals surface area contributed by atoms with Crippen molar-refractivity contribution >= 4 is 76.8 Å². The van der Waals surface area contributed by atoms with Gasteiger partial charge in [-0.3, -0.25) is 62.9 Å². The molecule has 0 aliphatic heterocycles. The molecular weight excluding hydrogens is 1110 g/mol. The van der Waals surface area contributed by atoms with Crippen molar-refractivity contribution in [3.63, 3.8) is 0 Å². The van der Waals surface area contributed by atoms with E-state index in [9.17, 15) is 67.7 Å². The van der Waals surface area contributed by atoms with Crippen LogP contribution in [0.15, 0.2) is 0 Å². The molecule has 11 atom stereocenters. The van der Waals surface area contributed by atoms with Crippen LogP contribution in [0.3, 0.4) is 0 Å². The van der Waals surface area contributed by atoms with Gasteiger partial charge in [-0.25, -0.2) is 0 Å². The Labute approximate surface area is 498 Å². The average Bonchev–Trinajstić information content (AvgIpc) is 3.60. The van der Waals surface area contributed by atoms with E-state index in [2.05, 4.69) is 53.2 Å². The fourth-order valence-corrected chi connectivity index (χ4v) is 8.55. The Bertz CT molecular complexity index is 2200. The van der Waals surface area contributed by atoms with E-state index < -0.39 is 144 Å². The molecule has 0 bridgehead atoms. The number of unbranched alkanes of at least 4 members (excludes halogenated alkanes) is 2. The minimum absolute atomic E-state index is 0.00505. The third-order valence-corrected chi connectivity index (χ3v) is 13.3. The number of nitrogens with two attached hydrogens (primary N) is 6. The van der Waals surface area contributed by atoms with Crippen LogP contribution in [0.2, 0.25) is 0 Å². The minimum atomic E-state index is -1.73. The number of aliphatic hydroxyl groups excluding tert-OH is 2. The fraction of sp³-hybridized carbons (Fsp3) is 0.759. The van der Waals surface area contributed by atoms with Crippen LogP contribution in [0, 0.1) is 29.1 Å². The highest BCUT2D eigenvalue weighted by atomic mass is 16.3. The van der Waals surface area contributed by atoms with E-state index in [4.69, 9.17) is 39.8 Å². The minimum Gasteiger partial charge on any atom is -0.394 e. The van der Waals surface area contributed by atoms with Crippen molar-refractivity contribution in [1.82, 2.24) is 53.2 Å². The zero-order chi connectivity index (χ0) is 65.1. The predicted octanol–water partition coefficient (Wildman–Crippen LogP) is -4.97. The Morgan fingerprint density at radius 1 is 0.400 bits per heavy atom. The number of aliphatic hydroxyl groups is 2. The van der Waals surface area contributed by atoms with Crippen molar-refractivity contribution in [2.45, 2.75) is 212 Å². The van der Waals surface area contributed by atoms with Gasteiger partial charge in [-0.15, -0.1) is 0 Å². The van der Waals surface area contributed by atoms with Crippen LogP contribution < -0.4 is 87.6 Å². The molecule has 0 aliphatic carbocycles. The van der Waals surface area contributed by atoms with Gasteiger partial charge < -0.3 is 97.8 Å². The Balaban J connectivity index is 6.91. The van der Waals surface area contributed by atoms with Gasteiger partial charge in [0.05, 0.1) is 12.7 Å². The molecule has 0 saturated heterocycles. The van der Waals surface area contributed by atoms with Crippen LogP contribution in [-0.2, 0) is 57.5 Å². The van der Waals surface area contributed by atoms with Crippen LogP contribution in [0.1, 0.15) is 152 Å². The van der Waals surface area contributed by atoms with E-state index in [-0.39, 0.29) is 114 Å². The summed E-state index contributed by atoms with van der Waals surface area (Å²) in [6, 6.07) is -12.7. The highest BCUT2D eigenvalue weighted by molar-refractivity contribution is 5.99. The molecular formula is C54H101N17O14. The topological polar surface area (TPSA) is 546 Å².